The van der Waals surface area contributed by atoms with Gasteiger partial charge in [0.1, 0.15) is 23.1 Å². The number of benzene rings is 4. The maximum Gasteiger partial charge on any atom is 0.419 e. The first-order valence-electron chi connectivity index (χ1n) is 21.2. The van der Waals surface area contributed by atoms with Crippen molar-refractivity contribution >= 4 is 23.5 Å². The van der Waals surface area contributed by atoms with Gasteiger partial charge in [-0.3, -0.25) is 19.1 Å². The summed E-state index contributed by atoms with van der Waals surface area (Å²) in [5, 5.41) is 17.5. The average Bonchev–Trinajstić information content (AvgIpc) is 3.85. The van der Waals surface area contributed by atoms with E-state index in [2.05, 4.69) is 20.8 Å². The largest absolute Gasteiger partial charge is 0.419 e. The number of alkyl halides is 3. The highest BCUT2D eigenvalue weighted by Crippen LogP contribution is 2.40. The van der Waals surface area contributed by atoms with Gasteiger partial charge in [-0.05, 0) is 55.5 Å². The summed E-state index contributed by atoms with van der Waals surface area (Å²) in [6.07, 6.45) is 3.17. The summed E-state index contributed by atoms with van der Waals surface area (Å²) in [5.74, 6) is -1.72. The van der Waals surface area contributed by atoms with Gasteiger partial charge in [0.2, 0.25) is 5.91 Å². The molecule has 4 aromatic carbocycles. The molecule has 334 valence electrons. The maximum atomic E-state index is 15.6. The Morgan fingerprint density at radius 3 is 1.97 bits per heavy atom. The predicted molar refractivity (Wildman–Crippen MR) is 233 cm³/mol. The van der Waals surface area contributed by atoms with Gasteiger partial charge in [-0.15, -0.1) is 5.10 Å². The van der Waals surface area contributed by atoms with E-state index in [1.165, 1.54) is 32.0 Å². The molecule has 0 bridgehead atoms. The van der Waals surface area contributed by atoms with Crippen molar-refractivity contribution in [3.63, 3.8) is 0 Å². The summed E-state index contributed by atoms with van der Waals surface area (Å²) in [6.45, 7) is 3.05. The first kappa shape index (κ1) is 45.8. The van der Waals surface area contributed by atoms with E-state index in [-0.39, 0.29) is 18.0 Å². The van der Waals surface area contributed by atoms with Crippen LogP contribution in [0.15, 0.2) is 128 Å². The summed E-state index contributed by atoms with van der Waals surface area (Å²) in [4.78, 5) is 51.6. The summed E-state index contributed by atoms with van der Waals surface area (Å²) in [7, 11) is 0. The Balaban J connectivity index is 0.865. The lowest BCUT2D eigenvalue weighted by molar-refractivity contribution is -0.143. The zero-order valence-corrected chi connectivity index (χ0v) is 35.8. The minimum Gasteiger partial charge on any atom is -0.305 e. The van der Waals surface area contributed by atoms with Crippen molar-refractivity contribution < 1.29 is 36.8 Å². The number of hydrogen-bond donors (Lipinski definition) is 1. The lowest BCUT2D eigenvalue weighted by Gasteiger charge is -2.35. The number of amides is 4. The van der Waals surface area contributed by atoms with E-state index in [4.69, 9.17) is 10.1 Å². The van der Waals surface area contributed by atoms with Gasteiger partial charge in [0.15, 0.2) is 11.3 Å². The molecule has 4 amide bonds. The minimum atomic E-state index is -4.96. The second-order valence-corrected chi connectivity index (χ2v) is 16.2. The number of nitriles is 1. The molecule has 0 spiro atoms. The summed E-state index contributed by atoms with van der Waals surface area (Å²) in [6, 6.07) is 34.7. The van der Waals surface area contributed by atoms with Crippen LogP contribution in [0.3, 0.4) is 0 Å². The third kappa shape index (κ3) is 9.95. The third-order valence-corrected chi connectivity index (χ3v) is 11.5. The number of aromatic nitrogens is 4. The van der Waals surface area contributed by atoms with Crippen LogP contribution in [0.2, 0.25) is 0 Å². The average molecular weight is 887 g/mol. The topological polar surface area (TPSA) is 146 Å². The molecular formula is C49H46F4N8O4. The molecule has 0 saturated carbocycles. The normalized spacial score (nSPS) is 13.9. The van der Waals surface area contributed by atoms with E-state index in [0.29, 0.717) is 41.6 Å². The number of carbonyl (C=O) groups excluding carboxylic acids is 3. The maximum absolute atomic E-state index is 15.6. The molecule has 3 heterocycles. The molecule has 16 heteroatoms. The van der Waals surface area contributed by atoms with Crippen LogP contribution in [0.25, 0.3) is 11.3 Å². The molecule has 1 fully saturated rings. The van der Waals surface area contributed by atoms with Crippen molar-refractivity contribution in [3.8, 4) is 17.3 Å². The third-order valence-electron chi connectivity index (χ3n) is 11.5. The number of hydrogen-bond acceptors (Lipinski definition) is 8. The lowest BCUT2D eigenvalue weighted by atomic mass is 9.80. The Morgan fingerprint density at radius 2 is 1.40 bits per heavy atom. The Morgan fingerprint density at radius 1 is 0.815 bits per heavy atom. The fourth-order valence-electron chi connectivity index (χ4n) is 7.90. The Bertz CT molecular complexity index is 2570. The second-order valence-electron chi connectivity index (χ2n) is 16.2. The number of nitrogens with zero attached hydrogens (tertiary/aromatic N) is 7. The minimum absolute atomic E-state index is 0.0660. The summed E-state index contributed by atoms with van der Waals surface area (Å²) in [5.41, 5.74) is 1.00. The number of unbranched alkanes of at least 4 members (excludes halogenated alkanes) is 5. The number of halogens is 4. The highest BCUT2D eigenvalue weighted by Gasteiger charge is 2.52. The van der Waals surface area contributed by atoms with Crippen LogP contribution in [0.4, 0.5) is 28.0 Å². The molecule has 1 aliphatic heterocycles. The summed E-state index contributed by atoms with van der Waals surface area (Å²) >= 11 is 0. The molecule has 0 aliphatic carbocycles. The molecule has 7 rings (SSSR count). The second kappa shape index (κ2) is 19.6. The van der Waals surface area contributed by atoms with Crippen LogP contribution in [0.1, 0.15) is 92.3 Å². The number of urea groups is 1. The number of aryl methyl sites for hydroxylation is 1. The first-order chi connectivity index (χ1) is 31.2. The number of hydroxylamine groups is 1. The number of nitrogens with one attached hydrogen (secondary N) is 1. The van der Waals surface area contributed by atoms with Crippen molar-refractivity contribution in [1.29, 1.82) is 5.26 Å². The molecule has 1 saturated heterocycles. The molecule has 65 heavy (non-hydrogen) atoms. The van der Waals surface area contributed by atoms with Gasteiger partial charge in [-0.25, -0.2) is 24.5 Å². The van der Waals surface area contributed by atoms with E-state index in [1.807, 2.05) is 91.0 Å². The van der Waals surface area contributed by atoms with E-state index < -0.39 is 52.0 Å². The van der Waals surface area contributed by atoms with Crippen molar-refractivity contribution in [1.82, 2.24) is 30.4 Å². The molecule has 1 aliphatic rings. The lowest BCUT2D eigenvalue weighted by Crippen LogP contribution is -2.43. The summed E-state index contributed by atoms with van der Waals surface area (Å²) < 4.78 is 58.2. The monoisotopic (exact) mass is 886 g/mol. The molecule has 0 atom stereocenters. The number of carbonyl (C=O) groups is 3. The predicted octanol–water partition coefficient (Wildman–Crippen LogP) is 9.89. The Labute approximate surface area is 373 Å². The van der Waals surface area contributed by atoms with Gasteiger partial charge >= 0.3 is 12.2 Å². The van der Waals surface area contributed by atoms with Crippen molar-refractivity contribution in [2.24, 2.45) is 0 Å². The van der Waals surface area contributed by atoms with Crippen LogP contribution < -0.4 is 10.4 Å². The Kier molecular flexibility index (Phi) is 13.8. The zero-order valence-electron chi connectivity index (χ0n) is 35.8. The first-order valence-corrected chi connectivity index (χ1v) is 21.2. The molecule has 6 aromatic rings. The number of rotatable bonds is 18. The highest BCUT2D eigenvalue weighted by molar-refractivity contribution is 6.22. The van der Waals surface area contributed by atoms with Crippen LogP contribution in [0.5, 0.6) is 0 Å². The molecule has 2 aromatic heterocycles. The van der Waals surface area contributed by atoms with Crippen LogP contribution >= 0.6 is 0 Å². The van der Waals surface area contributed by atoms with E-state index in [9.17, 15) is 27.6 Å². The molecule has 1 N–H and O–H groups in total. The Hall–Kier alpha value is -7.25. The zero-order chi connectivity index (χ0) is 46.2. The number of imide groups is 1. The standard InChI is InChI=1S/C49H46F4N8O4/c1-47(2)45(63)61(39-29-40(49(51,52)53)42(30-54)55-31-39)46(64)60(47)32-35-26-25-34(28-41(35)50)43-33-59(58-56-43)27-17-6-4-3-5-16-24-44(62)57-65-48(36-18-10-7-11-19-36,37-20-12-8-13-21-37)38-22-14-9-15-23-38/h7-15,18-23,25-26,28-29,31,33H,3-6,16-17,24,27,32H2,1-2H3,(H,57,62). The molecule has 12 nitrogen and oxygen atoms in total. The van der Waals surface area contributed by atoms with Crippen molar-refractivity contribution in [3.05, 3.63) is 167 Å². The van der Waals surface area contributed by atoms with Gasteiger partial charge in [0.25, 0.3) is 5.91 Å². The van der Waals surface area contributed by atoms with Crippen LogP contribution in [0, 0.1) is 17.1 Å². The van der Waals surface area contributed by atoms with Gasteiger partial charge in [0.05, 0.1) is 30.2 Å². The highest BCUT2D eigenvalue weighted by atomic mass is 19.4. The number of anilines is 1. The molecule has 0 unspecified atom stereocenters. The van der Waals surface area contributed by atoms with Gasteiger partial charge < -0.3 is 4.90 Å². The van der Waals surface area contributed by atoms with E-state index in [0.717, 1.165) is 59.9 Å². The van der Waals surface area contributed by atoms with E-state index >= 15 is 4.39 Å². The fourth-order valence-corrected chi connectivity index (χ4v) is 7.90. The van der Waals surface area contributed by atoms with Gasteiger partial charge in [-0.1, -0.05) is 134 Å². The van der Waals surface area contributed by atoms with Gasteiger partial charge in [-0.2, -0.15) is 18.4 Å². The smallest absolute Gasteiger partial charge is 0.305 e. The van der Waals surface area contributed by atoms with Crippen molar-refractivity contribution in [2.75, 3.05) is 4.90 Å². The van der Waals surface area contributed by atoms with Gasteiger partial charge in [0, 0.05) is 24.1 Å². The van der Waals surface area contributed by atoms with Crippen molar-refractivity contribution in [2.45, 2.75) is 89.2 Å². The van der Waals surface area contributed by atoms with Crippen LogP contribution in [-0.4, -0.2) is 48.3 Å². The molecule has 0 radical (unpaired) electrons. The molecular weight excluding hydrogens is 841 g/mol. The number of pyridine rings is 1. The van der Waals surface area contributed by atoms with E-state index in [1.54, 1.807) is 16.9 Å². The quantitative estimate of drug-likeness (QED) is 0.0295. The SMILES string of the molecule is CC1(C)C(=O)N(c2cnc(C#N)c(C(F)(F)F)c2)C(=O)N1Cc1ccc(-c2cn(CCCCCCCCC(=O)NOC(c3ccccc3)(c3ccccc3)c3ccccc3)nn2)cc1F. The fraction of sp³-hybridized carbons (Fsp3) is 0.286. The van der Waals surface area contributed by atoms with Crippen LogP contribution in [-0.2, 0) is 39.3 Å².